The van der Waals surface area contributed by atoms with Gasteiger partial charge in [-0.1, -0.05) is 11.6 Å². The molecule has 4 unspecified atom stereocenters. The Hall–Kier alpha value is -2.50. The number of fused-ring (bicyclic) bond motifs is 1. The van der Waals surface area contributed by atoms with Crippen molar-refractivity contribution >= 4 is 17.5 Å². The van der Waals surface area contributed by atoms with E-state index in [-0.39, 0.29) is 18.8 Å². The molecule has 1 amide bonds. The Morgan fingerprint density at radius 1 is 1.19 bits per heavy atom. The monoisotopic (exact) mass is 465 g/mol. The molecule has 4 rings (SSSR count). The summed E-state index contributed by atoms with van der Waals surface area (Å²) in [6.45, 7) is -1.46. The van der Waals surface area contributed by atoms with Crippen molar-refractivity contribution in [2.75, 3.05) is 13.1 Å². The van der Waals surface area contributed by atoms with Gasteiger partial charge in [-0.25, -0.2) is 18.3 Å². The summed E-state index contributed by atoms with van der Waals surface area (Å²) in [5.74, 6) is -3.31. The van der Waals surface area contributed by atoms with Crippen molar-refractivity contribution in [3.05, 3.63) is 45.4 Å². The molecule has 4 atom stereocenters. The molecule has 7 nitrogen and oxygen atoms in total. The molecule has 2 aliphatic heterocycles. The molecule has 1 saturated heterocycles. The fourth-order valence-corrected chi connectivity index (χ4v) is 4.12. The lowest BCUT2D eigenvalue weighted by molar-refractivity contribution is -0.196. The lowest BCUT2D eigenvalue weighted by Crippen LogP contribution is -2.49. The molecule has 0 spiro atoms. The SMILES string of the molecule is O=C(C1C(C(F)(F)F)CCc2nn(Cc3ccc(Cl)cn3)c(=O)n21)N1CC(F)C(F)C1. The van der Waals surface area contributed by atoms with E-state index in [9.17, 15) is 31.5 Å². The van der Waals surface area contributed by atoms with Crippen molar-refractivity contribution in [2.45, 2.75) is 43.9 Å². The van der Waals surface area contributed by atoms with Crippen molar-refractivity contribution < 1.29 is 26.7 Å². The molecule has 0 aliphatic carbocycles. The third-order valence-corrected chi connectivity index (χ3v) is 5.77. The summed E-state index contributed by atoms with van der Waals surface area (Å²) in [7, 11) is 0. The van der Waals surface area contributed by atoms with Crippen LogP contribution < -0.4 is 5.69 Å². The van der Waals surface area contributed by atoms with Gasteiger partial charge in [-0.15, -0.1) is 0 Å². The van der Waals surface area contributed by atoms with Crippen LogP contribution >= 0.6 is 11.6 Å². The Bertz CT molecular complexity index is 1030. The van der Waals surface area contributed by atoms with E-state index in [0.29, 0.717) is 20.2 Å². The summed E-state index contributed by atoms with van der Waals surface area (Å²) in [6.07, 6.45) is -8.05. The second kappa shape index (κ2) is 7.88. The number of pyridine rings is 1. The molecule has 0 N–H and O–H groups in total. The van der Waals surface area contributed by atoms with Crippen LogP contribution in [0.5, 0.6) is 0 Å². The smallest absolute Gasteiger partial charge is 0.335 e. The molecule has 2 aromatic heterocycles. The minimum Gasteiger partial charge on any atom is -0.335 e. The minimum atomic E-state index is -4.79. The lowest BCUT2D eigenvalue weighted by atomic mass is 9.89. The number of aryl methyl sites for hydroxylation is 1. The molecule has 31 heavy (non-hydrogen) atoms. The van der Waals surface area contributed by atoms with Crippen LogP contribution in [0.2, 0.25) is 5.02 Å². The zero-order valence-corrected chi connectivity index (χ0v) is 16.7. The van der Waals surface area contributed by atoms with Crippen molar-refractivity contribution in [1.82, 2.24) is 24.2 Å². The Labute approximate surface area is 177 Å². The second-order valence-corrected chi connectivity index (χ2v) is 8.04. The largest absolute Gasteiger partial charge is 0.394 e. The normalized spacial score (nSPS) is 26.2. The van der Waals surface area contributed by atoms with Gasteiger partial charge in [-0.2, -0.15) is 18.3 Å². The van der Waals surface area contributed by atoms with Crippen LogP contribution in [0.4, 0.5) is 22.0 Å². The van der Waals surface area contributed by atoms with E-state index >= 15 is 0 Å². The number of aromatic nitrogens is 4. The number of hydrogen-bond acceptors (Lipinski definition) is 4. The van der Waals surface area contributed by atoms with Crippen LogP contribution in [0.1, 0.15) is 24.0 Å². The Morgan fingerprint density at radius 3 is 2.45 bits per heavy atom. The first-order valence-electron chi connectivity index (χ1n) is 9.48. The summed E-state index contributed by atoms with van der Waals surface area (Å²) in [4.78, 5) is 30.6. The van der Waals surface area contributed by atoms with Crippen LogP contribution in [0.25, 0.3) is 0 Å². The average molecular weight is 466 g/mol. The maximum Gasteiger partial charge on any atom is 0.394 e. The highest BCUT2D eigenvalue weighted by molar-refractivity contribution is 6.30. The van der Waals surface area contributed by atoms with Crippen LogP contribution in [0.3, 0.4) is 0 Å². The number of halogens is 6. The van der Waals surface area contributed by atoms with Crippen LogP contribution in [0.15, 0.2) is 23.1 Å². The lowest BCUT2D eigenvalue weighted by Gasteiger charge is -2.34. The Morgan fingerprint density at radius 2 is 1.87 bits per heavy atom. The van der Waals surface area contributed by atoms with Crippen molar-refractivity contribution in [3.8, 4) is 0 Å². The molecular formula is C18H17ClF5N5O2. The third-order valence-electron chi connectivity index (χ3n) is 5.55. The molecule has 168 valence electrons. The highest BCUT2D eigenvalue weighted by Gasteiger charge is 2.53. The molecule has 0 radical (unpaired) electrons. The van der Waals surface area contributed by atoms with E-state index in [4.69, 9.17) is 11.6 Å². The van der Waals surface area contributed by atoms with Crippen LogP contribution in [-0.4, -0.2) is 61.7 Å². The van der Waals surface area contributed by atoms with Crippen LogP contribution in [0, 0.1) is 5.92 Å². The van der Waals surface area contributed by atoms with Gasteiger partial charge in [0.15, 0.2) is 12.3 Å². The summed E-state index contributed by atoms with van der Waals surface area (Å²) in [5.41, 5.74) is -0.538. The van der Waals surface area contributed by atoms with Crippen molar-refractivity contribution in [2.24, 2.45) is 5.92 Å². The van der Waals surface area contributed by atoms with E-state index in [1.165, 1.54) is 18.3 Å². The van der Waals surface area contributed by atoms with E-state index < -0.39 is 61.6 Å². The van der Waals surface area contributed by atoms with Crippen LogP contribution in [-0.2, 0) is 17.8 Å². The number of hydrogen-bond donors (Lipinski definition) is 0. The molecule has 0 saturated carbocycles. The third kappa shape index (κ3) is 4.04. The molecule has 2 aromatic rings. The van der Waals surface area contributed by atoms with Gasteiger partial charge in [0.25, 0.3) is 0 Å². The summed E-state index contributed by atoms with van der Waals surface area (Å²) in [5, 5.41) is 4.44. The fourth-order valence-electron chi connectivity index (χ4n) is 4.01. The molecule has 0 aromatic carbocycles. The summed E-state index contributed by atoms with van der Waals surface area (Å²) >= 11 is 5.77. The Kier molecular flexibility index (Phi) is 5.52. The number of likely N-dealkylation sites (tertiary alicyclic amines) is 1. The zero-order valence-electron chi connectivity index (χ0n) is 15.9. The zero-order chi connectivity index (χ0) is 22.5. The number of nitrogens with zero attached hydrogens (tertiary/aromatic N) is 5. The van der Waals surface area contributed by atoms with E-state index in [1.807, 2.05) is 0 Å². The minimum absolute atomic E-state index is 0.00519. The van der Waals surface area contributed by atoms with Gasteiger partial charge in [-0.05, 0) is 18.6 Å². The molecule has 13 heteroatoms. The standard InChI is InChI=1S/C18H17ClF5N5O2/c19-9-1-2-10(25-5-9)6-28-17(31)29-14(26-28)4-3-11(18(22,23)24)15(29)16(30)27-7-12(20)13(21)8-27/h1-2,5,11-13,15H,3-4,6-8H2. The van der Waals surface area contributed by atoms with E-state index in [2.05, 4.69) is 10.1 Å². The maximum atomic E-state index is 13.7. The van der Waals surface area contributed by atoms with Gasteiger partial charge < -0.3 is 4.90 Å². The number of amides is 1. The summed E-state index contributed by atoms with van der Waals surface area (Å²) in [6, 6.07) is 1.09. The van der Waals surface area contributed by atoms with Crippen molar-refractivity contribution in [3.63, 3.8) is 0 Å². The molecule has 2 aliphatic rings. The average Bonchev–Trinajstić information content (AvgIpc) is 3.21. The molecule has 0 bridgehead atoms. The maximum absolute atomic E-state index is 13.7. The predicted octanol–water partition coefficient (Wildman–Crippen LogP) is 2.33. The van der Waals surface area contributed by atoms with Gasteiger partial charge in [-0.3, -0.25) is 14.3 Å². The van der Waals surface area contributed by atoms with E-state index in [0.717, 1.165) is 4.68 Å². The fraction of sp³-hybridized carbons (Fsp3) is 0.556. The highest BCUT2D eigenvalue weighted by Crippen LogP contribution is 2.42. The first kappa shape index (κ1) is 21.7. The highest BCUT2D eigenvalue weighted by atomic mass is 35.5. The molecule has 4 heterocycles. The van der Waals surface area contributed by atoms with Gasteiger partial charge >= 0.3 is 11.9 Å². The number of carbonyl (C=O) groups is 1. The number of alkyl halides is 5. The van der Waals surface area contributed by atoms with Crippen molar-refractivity contribution in [1.29, 1.82) is 0 Å². The quantitative estimate of drug-likeness (QED) is 0.652. The first-order chi connectivity index (χ1) is 14.6. The predicted molar refractivity (Wildman–Crippen MR) is 98.1 cm³/mol. The Balaban J connectivity index is 1.72. The van der Waals surface area contributed by atoms with E-state index in [1.54, 1.807) is 0 Å². The number of rotatable bonds is 3. The first-order valence-corrected chi connectivity index (χ1v) is 9.86. The second-order valence-electron chi connectivity index (χ2n) is 7.60. The van der Waals surface area contributed by atoms with Gasteiger partial charge in [0.2, 0.25) is 5.91 Å². The molecular weight excluding hydrogens is 449 g/mol. The summed E-state index contributed by atoms with van der Waals surface area (Å²) < 4.78 is 70.0. The number of carbonyl (C=O) groups excluding carboxylic acids is 1. The van der Waals surface area contributed by atoms with Gasteiger partial charge in [0, 0.05) is 12.6 Å². The van der Waals surface area contributed by atoms with Gasteiger partial charge in [0.1, 0.15) is 11.9 Å². The molecule has 1 fully saturated rings. The topological polar surface area (TPSA) is 73.0 Å². The van der Waals surface area contributed by atoms with Gasteiger partial charge in [0.05, 0.1) is 36.3 Å².